The van der Waals surface area contributed by atoms with E-state index in [0.29, 0.717) is 18.0 Å². The Labute approximate surface area is 130 Å². The molecule has 116 valence electrons. The maximum Gasteiger partial charge on any atom is 0.0239 e. The van der Waals surface area contributed by atoms with E-state index in [1.165, 1.54) is 36.0 Å². The predicted molar refractivity (Wildman–Crippen MR) is 92.2 cm³/mol. The lowest BCUT2D eigenvalue weighted by molar-refractivity contribution is 0.265. The number of hydrogen-bond donors (Lipinski definition) is 1. The molecule has 1 aliphatic carbocycles. The average molecular weight is 286 g/mol. The molecular weight excluding hydrogens is 256 g/mol. The van der Waals surface area contributed by atoms with Gasteiger partial charge in [-0.2, -0.15) is 0 Å². The zero-order valence-electron chi connectivity index (χ0n) is 13.8. The van der Waals surface area contributed by atoms with E-state index in [1.807, 2.05) is 6.08 Å². The highest BCUT2D eigenvalue weighted by molar-refractivity contribution is 5.53. The smallest absolute Gasteiger partial charge is 0.0239 e. The maximum absolute atomic E-state index is 6.22. The van der Waals surface area contributed by atoms with Gasteiger partial charge in [-0.15, -0.1) is 0 Å². The molecular formula is C19H30N2. The third-order valence-corrected chi connectivity index (χ3v) is 4.94. The Hall–Kier alpha value is -1.12. The average Bonchev–Trinajstić information content (AvgIpc) is 2.84. The van der Waals surface area contributed by atoms with E-state index >= 15 is 0 Å². The minimum Gasteiger partial charge on any atom is -0.327 e. The molecule has 2 N–H and O–H groups in total. The van der Waals surface area contributed by atoms with Gasteiger partial charge in [0.05, 0.1) is 0 Å². The Kier molecular flexibility index (Phi) is 5.60. The molecule has 1 unspecified atom stereocenters. The fourth-order valence-corrected chi connectivity index (χ4v) is 3.20. The number of hydrogen-bond acceptors (Lipinski definition) is 2. The molecule has 0 bridgehead atoms. The van der Waals surface area contributed by atoms with Crippen molar-refractivity contribution < 1.29 is 0 Å². The summed E-state index contributed by atoms with van der Waals surface area (Å²) in [7, 11) is 2.18. The third-order valence-electron chi connectivity index (χ3n) is 4.94. The molecule has 0 amide bonds. The summed E-state index contributed by atoms with van der Waals surface area (Å²) in [6.07, 6.45) is 6.86. The van der Waals surface area contributed by atoms with E-state index in [0.717, 1.165) is 13.0 Å². The van der Waals surface area contributed by atoms with Crippen LogP contribution in [0, 0.1) is 5.92 Å². The second-order valence-electron chi connectivity index (χ2n) is 6.81. The monoisotopic (exact) mass is 286 g/mol. The van der Waals surface area contributed by atoms with Crippen LogP contribution in [-0.4, -0.2) is 24.0 Å². The van der Waals surface area contributed by atoms with Gasteiger partial charge in [-0.3, -0.25) is 4.90 Å². The van der Waals surface area contributed by atoms with Gasteiger partial charge in [-0.25, -0.2) is 0 Å². The Bertz CT molecular complexity index is 478. The first-order chi connectivity index (χ1) is 10.0. The van der Waals surface area contributed by atoms with E-state index < -0.39 is 0 Å². The molecule has 0 radical (unpaired) electrons. The molecule has 0 aliphatic heterocycles. The summed E-state index contributed by atoms with van der Waals surface area (Å²) in [6, 6.07) is 7.77. The van der Waals surface area contributed by atoms with Gasteiger partial charge >= 0.3 is 0 Å². The quantitative estimate of drug-likeness (QED) is 0.861. The predicted octanol–water partition coefficient (Wildman–Crippen LogP) is 3.84. The van der Waals surface area contributed by atoms with Crippen LogP contribution in [-0.2, 0) is 13.0 Å². The number of benzene rings is 1. The minimum absolute atomic E-state index is 0.394. The molecule has 21 heavy (non-hydrogen) atoms. The Balaban J connectivity index is 2.14. The number of nitrogens with zero attached hydrogens (tertiary/aromatic N) is 1. The molecule has 2 rings (SSSR count). The Morgan fingerprint density at radius 3 is 2.71 bits per heavy atom. The second-order valence-corrected chi connectivity index (χ2v) is 6.81. The highest BCUT2D eigenvalue weighted by Crippen LogP contribution is 2.28. The molecule has 2 atom stereocenters. The summed E-state index contributed by atoms with van der Waals surface area (Å²) in [5.41, 5.74) is 10.3. The summed E-state index contributed by atoms with van der Waals surface area (Å²) < 4.78 is 0. The topological polar surface area (TPSA) is 29.3 Å². The Morgan fingerprint density at radius 2 is 2.14 bits per heavy atom. The summed E-state index contributed by atoms with van der Waals surface area (Å²) in [6.45, 7) is 9.39. The van der Waals surface area contributed by atoms with E-state index in [4.69, 9.17) is 5.73 Å². The number of nitrogens with two attached hydrogens (primary N) is 1. The molecule has 1 aromatic carbocycles. The molecule has 1 fully saturated rings. The SMILES string of the molecule is C=Cc1ccc(C[C@H]2CCCC2N)cc1CN(C)C(C)C. The summed E-state index contributed by atoms with van der Waals surface area (Å²) in [4.78, 5) is 2.37. The van der Waals surface area contributed by atoms with Gasteiger partial charge in [0.2, 0.25) is 0 Å². The van der Waals surface area contributed by atoms with Gasteiger partial charge < -0.3 is 5.73 Å². The molecule has 1 saturated carbocycles. The highest BCUT2D eigenvalue weighted by Gasteiger charge is 2.24. The third kappa shape index (κ3) is 4.18. The number of rotatable bonds is 6. The maximum atomic E-state index is 6.22. The van der Waals surface area contributed by atoms with Crippen molar-refractivity contribution in [3.8, 4) is 0 Å². The molecule has 1 aliphatic rings. The zero-order valence-corrected chi connectivity index (χ0v) is 13.8. The van der Waals surface area contributed by atoms with Gasteiger partial charge in [0.25, 0.3) is 0 Å². The van der Waals surface area contributed by atoms with E-state index in [1.54, 1.807) is 0 Å². The molecule has 0 saturated heterocycles. The van der Waals surface area contributed by atoms with Gasteiger partial charge in [0, 0.05) is 18.6 Å². The van der Waals surface area contributed by atoms with E-state index in [9.17, 15) is 0 Å². The molecule has 0 aromatic heterocycles. The lowest BCUT2D eigenvalue weighted by Gasteiger charge is -2.23. The lowest BCUT2D eigenvalue weighted by atomic mass is 9.92. The largest absolute Gasteiger partial charge is 0.327 e. The second kappa shape index (κ2) is 7.24. The molecule has 0 spiro atoms. The van der Waals surface area contributed by atoms with Gasteiger partial charge in [0.15, 0.2) is 0 Å². The van der Waals surface area contributed by atoms with Crippen molar-refractivity contribution in [2.75, 3.05) is 7.05 Å². The standard InChI is InChI=1S/C19H30N2/c1-5-16-10-9-15(11-17-7-6-8-19(17)20)12-18(16)13-21(4)14(2)3/h5,9-10,12,14,17,19H,1,6-8,11,13,20H2,2-4H3/t17-,19?/m1/s1. The van der Waals surface area contributed by atoms with Crippen LogP contribution in [0.15, 0.2) is 24.8 Å². The van der Waals surface area contributed by atoms with Crippen molar-refractivity contribution in [2.24, 2.45) is 11.7 Å². The fraction of sp³-hybridized carbons (Fsp3) is 0.579. The van der Waals surface area contributed by atoms with Crippen LogP contribution in [0.2, 0.25) is 0 Å². The van der Waals surface area contributed by atoms with Gasteiger partial charge in [0.1, 0.15) is 0 Å². The van der Waals surface area contributed by atoms with Crippen molar-refractivity contribution in [1.29, 1.82) is 0 Å². The van der Waals surface area contributed by atoms with Crippen LogP contribution in [0.4, 0.5) is 0 Å². The van der Waals surface area contributed by atoms with Crippen LogP contribution in [0.5, 0.6) is 0 Å². The molecule has 0 heterocycles. The molecule has 2 nitrogen and oxygen atoms in total. The lowest BCUT2D eigenvalue weighted by Crippen LogP contribution is -2.27. The van der Waals surface area contributed by atoms with Crippen LogP contribution < -0.4 is 5.73 Å². The summed E-state index contributed by atoms with van der Waals surface area (Å²) in [5.74, 6) is 0.662. The van der Waals surface area contributed by atoms with Crippen LogP contribution >= 0.6 is 0 Å². The van der Waals surface area contributed by atoms with Crippen LogP contribution in [0.25, 0.3) is 6.08 Å². The van der Waals surface area contributed by atoms with Crippen LogP contribution in [0.3, 0.4) is 0 Å². The minimum atomic E-state index is 0.394. The first-order valence-corrected chi connectivity index (χ1v) is 8.21. The Morgan fingerprint density at radius 1 is 1.38 bits per heavy atom. The fourth-order valence-electron chi connectivity index (χ4n) is 3.20. The van der Waals surface area contributed by atoms with Crippen LogP contribution in [0.1, 0.15) is 49.8 Å². The first kappa shape index (κ1) is 16.3. The molecule has 1 aromatic rings. The van der Waals surface area contributed by atoms with Crippen molar-refractivity contribution in [1.82, 2.24) is 4.90 Å². The summed E-state index contributed by atoms with van der Waals surface area (Å²) >= 11 is 0. The van der Waals surface area contributed by atoms with E-state index in [-0.39, 0.29) is 0 Å². The normalized spacial score (nSPS) is 22.2. The van der Waals surface area contributed by atoms with Crippen molar-refractivity contribution in [3.63, 3.8) is 0 Å². The van der Waals surface area contributed by atoms with Crippen molar-refractivity contribution in [3.05, 3.63) is 41.5 Å². The first-order valence-electron chi connectivity index (χ1n) is 8.21. The zero-order chi connectivity index (χ0) is 15.4. The highest BCUT2D eigenvalue weighted by atomic mass is 15.1. The van der Waals surface area contributed by atoms with Gasteiger partial charge in [-0.1, -0.05) is 37.3 Å². The van der Waals surface area contributed by atoms with Gasteiger partial charge in [-0.05, 0) is 62.8 Å². The molecule has 2 heteroatoms. The summed E-state index contributed by atoms with van der Waals surface area (Å²) in [5, 5.41) is 0. The van der Waals surface area contributed by atoms with Crippen molar-refractivity contribution in [2.45, 2.75) is 58.2 Å². The van der Waals surface area contributed by atoms with E-state index in [2.05, 4.69) is 50.6 Å². The van der Waals surface area contributed by atoms with Crippen molar-refractivity contribution >= 4 is 6.08 Å².